The Balaban J connectivity index is 1.46. The summed E-state index contributed by atoms with van der Waals surface area (Å²) in [5.41, 5.74) is 1.12. The fraction of sp³-hybridized carbons (Fsp3) is 0.389. The molecular formula is C18H21N5S3. The highest BCUT2D eigenvalue weighted by Gasteiger charge is 2.24. The summed E-state index contributed by atoms with van der Waals surface area (Å²) in [6.45, 7) is 7.25. The Morgan fingerprint density at radius 3 is 3.08 bits per heavy atom. The second-order valence-corrected chi connectivity index (χ2v) is 9.10. The number of nitrogens with one attached hydrogen (secondary N) is 1. The standard InChI is InChI=1S/C18H21N5S3/c1-2-9-19-17-21-23(18(24)26-17)12-22-10-5-6-13(11-22)16-20-14-7-3-4-8-15(14)25-16/h2-4,7-8,13H,1,5-6,9-12H2,(H,19,21)/t13-/m1/s1. The molecule has 3 heterocycles. The SMILES string of the molecule is C=CCNc1nn(CN2CCC[C@@H](c3nc4ccccc4s3)C2)c(=S)s1. The van der Waals surface area contributed by atoms with E-state index >= 15 is 0 Å². The molecule has 8 heteroatoms. The average Bonchev–Trinajstić information content (AvgIpc) is 3.24. The van der Waals surface area contributed by atoms with Crippen LogP contribution in [0.5, 0.6) is 0 Å². The number of para-hydroxylation sites is 1. The van der Waals surface area contributed by atoms with E-state index in [9.17, 15) is 0 Å². The molecule has 0 aliphatic carbocycles. The molecule has 0 saturated carbocycles. The predicted molar refractivity (Wildman–Crippen MR) is 113 cm³/mol. The van der Waals surface area contributed by atoms with Crippen molar-refractivity contribution in [2.75, 3.05) is 25.0 Å². The van der Waals surface area contributed by atoms with Gasteiger partial charge in [0.05, 0.1) is 21.9 Å². The molecule has 1 atom stereocenters. The van der Waals surface area contributed by atoms with Crippen LogP contribution in [-0.4, -0.2) is 39.3 Å². The number of anilines is 1. The first-order valence-electron chi connectivity index (χ1n) is 8.73. The topological polar surface area (TPSA) is 46.0 Å². The molecule has 1 saturated heterocycles. The third kappa shape index (κ3) is 3.88. The Morgan fingerprint density at radius 2 is 2.23 bits per heavy atom. The molecule has 26 heavy (non-hydrogen) atoms. The number of aromatic nitrogens is 3. The quantitative estimate of drug-likeness (QED) is 0.477. The zero-order chi connectivity index (χ0) is 17.9. The smallest absolute Gasteiger partial charge is 0.204 e. The van der Waals surface area contributed by atoms with E-state index in [2.05, 4.69) is 46.2 Å². The van der Waals surface area contributed by atoms with Crippen molar-refractivity contribution in [2.45, 2.75) is 25.4 Å². The van der Waals surface area contributed by atoms with Crippen molar-refractivity contribution in [2.24, 2.45) is 0 Å². The molecular weight excluding hydrogens is 382 g/mol. The van der Waals surface area contributed by atoms with Gasteiger partial charge in [0.25, 0.3) is 0 Å². The minimum absolute atomic E-state index is 0.493. The maximum atomic E-state index is 5.47. The fourth-order valence-corrected chi connectivity index (χ4v) is 5.36. The monoisotopic (exact) mass is 403 g/mol. The van der Waals surface area contributed by atoms with E-state index in [-0.39, 0.29) is 0 Å². The molecule has 0 amide bonds. The molecule has 1 aliphatic heterocycles. The van der Waals surface area contributed by atoms with Crippen LogP contribution >= 0.6 is 34.9 Å². The van der Waals surface area contributed by atoms with Gasteiger partial charge >= 0.3 is 0 Å². The van der Waals surface area contributed by atoms with Crippen molar-refractivity contribution in [1.29, 1.82) is 0 Å². The number of nitrogens with zero attached hydrogens (tertiary/aromatic N) is 4. The van der Waals surface area contributed by atoms with E-state index < -0.39 is 0 Å². The molecule has 0 radical (unpaired) electrons. The lowest BCUT2D eigenvalue weighted by Gasteiger charge is -2.31. The van der Waals surface area contributed by atoms with Crippen LogP contribution in [0, 0.1) is 3.95 Å². The minimum Gasteiger partial charge on any atom is -0.357 e. The minimum atomic E-state index is 0.493. The molecule has 5 nitrogen and oxygen atoms in total. The maximum Gasteiger partial charge on any atom is 0.204 e. The summed E-state index contributed by atoms with van der Waals surface area (Å²) in [5, 5.41) is 9.92. The van der Waals surface area contributed by atoms with Gasteiger partial charge < -0.3 is 5.32 Å². The Labute approximate surface area is 166 Å². The van der Waals surface area contributed by atoms with Crippen molar-refractivity contribution < 1.29 is 0 Å². The summed E-state index contributed by atoms with van der Waals surface area (Å²) in [7, 11) is 0. The Bertz CT molecular complexity index is 924. The summed E-state index contributed by atoms with van der Waals surface area (Å²) in [6.07, 6.45) is 4.20. The van der Waals surface area contributed by atoms with E-state index in [1.807, 2.05) is 22.1 Å². The van der Waals surface area contributed by atoms with Gasteiger partial charge in [-0.1, -0.05) is 29.5 Å². The number of fused-ring (bicyclic) bond motifs is 1. The number of likely N-dealkylation sites (tertiary alicyclic amines) is 1. The second kappa shape index (κ2) is 7.96. The molecule has 3 aromatic rings. The molecule has 0 bridgehead atoms. The number of rotatable bonds is 6. The summed E-state index contributed by atoms with van der Waals surface area (Å²) in [6, 6.07) is 8.40. The van der Waals surface area contributed by atoms with Crippen LogP contribution in [0.3, 0.4) is 0 Å². The van der Waals surface area contributed by atoms with Crippen LogP contribution < -0.4 is 5.32 Å². The van der Waals surface area contributed by atoms with Crippen molar-refractivity contribution in [3.63, 3.8) is 0 Å². The van der Waals surface area contributed by atoms with E-state index in [1.165, 1.54) is 33.9 Å². The summed E-state index contributed by atoms with van der Waals surface area (Å²) >= 11 is 8.82. The van der Waals surface area contributed by atoms with Crippen LogP contribution in [0.15, 0.2) is 36.9 Å². The van der Waals surface area contributed by atoms with Crippen molar-refractivity contribution >= 4 is 50.2 Å². The fourth-order valence-electron chi connectivity index (χ4n) is 3.27. The number of hydrogen-bond acceptors (Lipinski definition) is 7. The van der Waals surface area contributed by atoms with Gasteiger partial charge in [0.2, 0.25) is 5.13 Å². The van der Waals surface area contributed by atoms with Crippen molar-refractivity contribution in [3.8, 4) is 0 Å². The second-order valence-electron chi connectivity index (χ2n) is 6.42. The summed E-state index contributed by atoms with van der Waals surface area (Å²) in [4.78, 5) is 7.30. The van der Waals surface area contributed by atoms with Crippen LogP contribution in [0.2, 0.25) is 0 Å². The molecule has 0 spiro atoms. The van der Waals surface area contributed by atoms with Gasteiger partial charge in [-0.3, -0.25) is 4.90 Å². The third-order valence-corrected chi connectivity index (χ3v) is 6.97. The van der Waals surface area contributed by atoms with Crippen LogP contribution in [0.1, 0.15) is 23.8 Å². The van der Waals surface area contributed by atoms with E-state index in [1.54, 1.807) is 0 Å². The van der Waals surface area contributed by atoms with Gasteiger partial charge in [-0.05, 0) is 43.7 Å². The number of piperidine rings is 1. The van der Waals surface area contributed by atoms with Gasteiger partial charge in [0, 0.05) is 19.0 Å². The maximum absolute atomic E-state index is 5.47. The van der Waals surface area contributed by atoms with Crippen molar-refractivity contribution in [1.82, 2.24) is 19.7 Å². The Kier molecular flexibility index (Phi) is 5.44. The van der Waals surface area contributed by atoms with Crippen molar-refractivity contribution in [3.05, 3.63) is 45.9 Å². The highest BCUT2D eigenvalue weighted by Crippen LogP contribution is 2.33. The molecule has 1 aromatic carbocycles. The summed E-state index contributed by atoms with van der Waals surface area (Å²) in [5.74, 6) is 0.493. The zero-order valence-electron chi connectivity index (χ0n) is 14.4. The average molecular weight is 404 g/mol. The van der Waals surface area contributed by atoms with Gasteiger partial charge in [0.15, 0.2) is 3.95 Å². The lowest BCUT2D eigenvalue weighted by atomic mass is 9.99. The van der Waals surface area contributed by atoms with E-state index in [0.29, 0.717) is 12.5 Å². The lowest BCUT2D eigenvalue weighted by molar-refractivity contribution is 0.157. The third-order valence-electron chi connectivity index (χ3n) is 4.50. The molecule has 1 N–H and O–H groups in total. The highest BCUT2D eigenvalue weighted by atomic mass is 32.1. The molecule has 136 valence electrons. The van der Waals surface area contributed by atoms with E-state index in [0.717, 1.165) is 34.4 Å². The molecule has 2 aromatic heterocycles. The Hall–Kier alpha value is -1.61. The Morgan fingerprint density at radius 1 is 1.35 bits per heavy atom. The van der Waals surface area contributed by atoms with Crippen LogP contribution in [-0.2, 0) is 6.67 Å². The zero-order valence-corrected chi connectivity index (χ0v) is 16.9. The van der Waals surface area contributed by atoms with Gasteiger partial charge in [-0.2, -0.15) is 0 Å². The van der Waals surface area contributed by atoms with Crippen LogP contribution in [0.25, 0.3) is 10.2 Å². The first-order valence-corrected chi connectivity index (χ1v) is 10.8. The largest absolute Gasteiger partial charge is 0.357 e. The highest BCUT2D eigenvalue weighted by molar-refractivity contribution is 7.73. The first-order chi connectivity index (χ1) is 12.7. The van der Waals surface area contributed by atoms with Crippen LogP contribution in [0.4, 0.5) is 5.13 Å². The molecule has 1 aliphatic rings. The van der Waals surface area contributed by atoms with Gasteiger partial charge in [0.1, 0.15) is 0 Å². The number of benzene rings is 1. The van der Waals surface area contributed by atoms with E-state index in [4.69, 9.17) is 17.2 Å². The number of hydrogen-bond donors (Lipinski definition) is 1. The lowest BCUT2D eigenvalue weighted by Crippen LogP contribution is -2.36. The van der Waals surface area contributed by atoms with Gasteiger partial charge in [-0.15, -0.1) is 23.0 Å². The molecule has 1 fully saturated rings. The number of thiazole rings is 1. The predicted octanol–water partition coefficient (Wildman–Crippen LogP) is 4.72. The summed E-state index contributed by atoms with van der Waals surface area (Å²) < 4.78 is 4.00. The first kappa shape index (κ1) is 17.8. The molecule has 4 rings (SSSR count). The normalized spacial score (nSPS) is 18.2. The molecule has 0 unspecified atom stereocenters. The van der Waals surface area contributed by atoms with Gasteiger partial charge in [-0.25, -0.2) is 9.67 Å².